The fraction of sp³-hybridized carbons (Fsp3) is 1.00. The third-order valence-corrected chi connectivity index (χ3v) is 2.81. The molecule has 1 aliphatic carbocycles. The van der Waals surface area contributed by atoms with Crippen molar-refractivity contribution >= 4 is 0 Å². The number of hydrogen-bond acceptors (Lipinski definition) is 2. The molecule has 13 heavy (non-hydrogen) atoms. The van der Waals surface area contributed by atoms with E-state index in [2.05, 4.69) is 20.8 Å². The lowest BCUT2D eigenvalue weighted by molar-refractivity contribution is -0.0658. The summed E-state index contributed by atoms with van der Waals surface area (Å²) < 4.78 is 5.75. The molecule has 0 aliphatic heterocycles. The van der Waals surface area contributed by atoms with E-state index >= 15 is 0 Å². The number of rotatable bonds is 3. The lowest BCUT2D eigenvalue weighted by atomic mass is 9.88. The van der Waals surface area contributed by atoms with Crippen molar-refractivity contribution in [1.29, 1.82) is 0 Å². The zero-order chi connectivity index (χ0) is 9.95. The van der Waals surface area contributed by atoms with Gasteiger partial charge in [-0.05, 0) is 33.6 Å². The number of ether oxygens (including phenoxy) is 1. The number of aliphatic hydroxyl groups excluding tert-OH is 1. The smallest absolute Gasteiger partial charge is 0.0598 e. The van der Waals surface area contributed by atoms with Crippen molar-refractivity contribution in [3.8, 4) is 0 Å². The molecule has 1 fully saturated rings. The van der Waals surface area contributed by atoms with Gasteiger partial charge < -0.3 is 9.84 Å². The Morgan fingerprint density at radius 1 is 1.23 bits per heavy atom. The third kappa shape index (κ3) is 3.28. The van der Waals surface area contributed by atoms with Gasteiger partial charge in [0, 0.05) is 5.41 Å². The molecule has 0 spiro atoms. The molecule has 0 saturated heterocycles. The van der Waals surface area contributed by atoms with E-state index in [0.29, 0.717) is 6.61 Å². The van der Waals surface area contributed by atoms with Gasteiger partial charge in [0.05, 0.1) is 18.8 Å². The highest BCUT2D eigenvalue weighted by Gasteiger charge is 2.34. The second kappa shape index (κ2) is 3.97. The molecular formula is C11H22O2. The maximum absolute atomic E-state index is 9.33. The van der Waals surface area contributed by atoms with Crippen molar-refractivity contribution in [2.24, 2.45) is 5.41 Å². The van der Waals surface area contributed by atoms with Crippen LogP contribution in [0.3, 0.4) is 0 Å². The Morgan fingerprint density at radius 3 is 2.15 bits per heavy atom. The van der Waals surface area contributed by atoms with E-state index in [-0.39, 0.29) is 17.6 Å². The summed E-state index contributed by atoms with van der Waals surface area (Å²) in [7, 11) is 0. The van der Waals surface area contributed by atoms with Crippen LogP contribution in [0, 0.1) is 5.41 Å². The van der Waals surface area contributed by atoms with Crippen molar-refractivity contribution in [2.75, 3.05) is 13.2 Å². The average molecular weight is 186 g/mol. The van der Waals surface area contributed by atoms with Crippen LogP contribution in [-0.4, -0.2) is 23.9 Å². The average Bonchev–Trinajstić information content (AvgIpc) is 2.49. The molecule has 1 rings (SSSR count). The van der Waals surface area contributed by atoms with Gasteiger partial charge in [0.2, 0.25) is 0 Å². The molecule has 0 aromatic rings. The van der Waals surface area contributed by atoms with Crippen molar-refractivity contribution in [2.45, 2.75) is 52.1 Å². The summed E-state index contributed by atoms with van der Waals surface area (Å²) in [5.74, 6) is 0. The molecule has 0 atom stereocenters. The normalized spacial score (nSPS) is 22.2. The standard InChI is InChI=1S/C11H22O2/c1-10(2,3)13-9-11(8-12)6-4-5-7-11/h12H,4-9H2,1-3H3. The van der Waals surface area contributed by atoms with Crippen LogP contribution < -0.4 is 0 Å². The molecule has 0 aromatic carbocycles. The minimum Gasteiger partial charge on any atom is -0.396 e. The zero-order valence-corrected chi connectivity index (χ0v) is 9.10. The summed E-state index contributed by atoms with van der Waals surface area (Å²) in [6, 6.07) is 0. The summed E-state index contributed by atoms with van der Waals surface area (Å²) in [4.78, 5) is 0. The molecule has 2 nitrogen and oxygen atoms in total. The fourth-order valence-electron chi connectivity index (χ4n) is 1.84. The van der Waals surface area contributed by atoms with Crippen LogP contribution in [0.15, 0.2) is 0 Å². The summed E-state index contributed by atoms with van der Waals surface area (Å²) >= 11 is 0. The van der Waals surface area contributed by atoms with Gasteiger partial charge in [0.15, 0.2) is 0 Å². The molecule has 78 valence electrons. The topological polar surface area (TPSA) is 29.5 Å². The SMILES string of the molecule is CC(C)(C)OCC1(CO)CCCC1. The molecule has 0 radical (unpaired) electrons. The predicted molar refractivity (Wildman–Crippen MR) is 53.7 cm³/mol. The molecule has 0 heterocycles. The lowest BCUT2D eigenvalue weighted by Gasteiger charge is -2.30. The molecule has 0 aromatic heterocycles. The van der Waals surface area contributed by atoms with E-state index in [9.17, 15) is 5.11 Å². The molecule has 0 amide bonds. The first-order valence-corrected chi connectivity index (χ1v) is 5.22. The van der Waals surface area contributed by atoms with Crippen LogP contribution in [0.4, 0.5) is 0 Å². The van der Waals surface area contributed by atoms with Gasteiger partial charge in [-0.1, -0.05) is 12.8 Å². The van der Waals surface area contributed by atoms with Gasteiger partial charge in [0.1, 0.15) is 0 Å². The molecule has 1 saturated carbocycles. The van der Waals surface area contributed by atoms with E-state index < -0.39 is 0 Å². The number of aliphatic hydroxyl groups is 1. The molecular weight excluding hydrogens is 164 g/mol. The summed E-state index contributed by atoms with van der Waals surface area (Å²) in [6.45, 7) is 7.18. The second-order valence-electron chi connectivity index (χ2n) is 5.27. The van der Waals surface area contributed by atoms with E-state index in [1.807, 2.05) is 0 Å². The minimum absolute atomic E-state index is 0.0767. The monoisotopic (exact) mass is 186 g/mol. The second-order valence-corrected chi connectivity index (χ2v) is 5.27. The van der Waals surface area contributed by atoms with Crippen molar-refractivity contribution in [3.63, 3.8) is 0 Å². The van der Waals surface area contributed by atoms with Crippen molar-refractivity contribution in [1.82, 2.24) is 0 Å². The van der Waals surface area contributed by atoms with Crippen LogP contribution in [0.5, 0.6) is 0 Å². The van der Waals surface area contributed by atoms with Crippen molar-refractivity contribution < 1.29 is 9.84 Å². The largest absolute Gasteiger partial charge is 0.396 e. The van der Waals surface area contributed by atoms with Gasteiger partial charge in [-0.2, -0.15) is 0 Å². The van der Waals surface area contributed by atoms with E-state index in [4.69, 9.17) is 4.74 Å². The molecule has 2 heteroatoms. The van der Waals surface area contributed by atoms with Crippen LogP contribution in [-0.2, 0) is 4.74 Å². The first-order valence-electron chi connectivity index (χ1n) is 5.22. The maximum atomic E-state index is 9.33. The summed E-state index contributed by atoms with van der Waals surface area (Å²) in [5.41, 5.74) is -0.00194. The van der Waals surface area contributed by atoms with Crippen LogP contribution in [0.1, 0.15) is 46.5 Å². The van der Waals surface area contributed by atoms with Gasteiger partial charge in [-0.3, -0.25) is 0 Å². The first-order chi connectivity index (χ1) is 5.97. The minimum atomic E-state index is -0.0786. The van der Waals surface area contributed by atoms with Crippen molar-refractivity contribution in [3.05, 3.63) is 0 Å². The molecule has 0 unspecified atom stereocenters. The molecule has 1 N–H and O–H groups in total. The third-order valence-electron chi connectivity index (χ3n) is 2.81. The van der Waals surface area contributed by atoms with E-state index in [0.717, 1.165) is 12.8 Å². The van der Waals surface area contributed by atoms with Gasteiger partial charge in [-0.15, -0.1) is 0 Å². The Hall–Kier alpha value is -0.0800. The summed E-state index contributed by atoms with van der Waals surface area (Å²) in [5, 5.41) is 9.33. The van der Waals surface area contributed by atoms with E-state index in [1.54, 1.807) is 0 Å². The van der Waals surface area contributed by atoms with E-state index in [1.165, 1.54) is 12.8 Å². The summed E-state index contributed by atoms with van der Waals surface area (Å²) in [6.07, 6.45) is 4.74. The van der Waals surface area contributed by atoms with Gasteiger partial charge in [-0.25, -0.2) is 0 Å². The predicted octanol–water partition coefficient (Wildman–Crippen LogP) is 2.35. The highest BCUT2D eigenvalue weighted by molar-refractivity contribution is 4.84. The molecule has 1 aliphatic rings. The highest BCUT2D eigenvalue weighted by Crippen LogP contribution is 2.38. The molecule has 0 bridgehead atoms. The Bertz CT molecular complexity index is 152. The van der Waals surface area contributed by atoms with Crippen LogP contribution in [0.25, 0.3) is 0 Å². The van der Waals surface area contributed by atoms with Gasteiger partial charge >= 0.3 is 0 Å². The Kier molecular flexibility index (Phi) is 3.36. The zero-order valence-electron chi connectivity index (χ0n) is 9.10. The Morgan fingerprint density at radius 2 is 1.77 bits per heavy atom. The Labute approximate surface area is 81.3 Å². The van der Waals surface area contributed by atoms with Crippen LogP contribution >= 0.6 is 0 Å². The maximum Gasteiger partial charge on any atom is 0.0598 e. The van der Waals surface area contributed by atoms with Crippen LogP contribution in [0.2, 0.25) is 0 Å². The number of hydrogen-bond donors (Lipinski definition) is 1. The lowest BCUT2D eigenvalue weighted by Crippen LogP contribution is -2.32. The fourth-order valence-corrected chi connectivity index (χ4v) is 1.84. The van der Waals surface area contributed by atoms with Gasteiger partial charge in [0.25, 0.3) is 0 Å². The first kappa shape index (κ1) is 11.0. The Balaban J connectivity index is 2.40. The highest BCUT2D eigenvalue weighted by atomic mass is 16.5. The quantitative estimate of drug-likeness (QED) is 0.733.